The fourth-order valence-corrected chi connectivity index (χ4v) is 2.71. The highest BCUT2D eigenvalue weighted by molar-refractivity contribution is 5.85. The molecule has 1 N–H and O–H groups in total. The van der Waals surface area contributed by atoms with Crippen molar-refractivity contribution in [2.45, 2.75) is 25.4 Å². The molecule has 2 aromatic heterocycles. The summed E-state index contributed by atoms with van der Waals surface area (Å²) in [5, 5.41) is 2.92. The first kappa shape index (κ1) is 15.3. The lowest BCUT2D eigenvalue weighted by molar-refractivity contribution is -0.122. The second-order valence-electron chi connectivity index (χ2n) is 5.76. The zero-order valence-corrected chi connectivity index (χ0v) is 13.4. The van der Waals surface area contributed by atoms with Gasteiger partial charge < -0.3 is 19.5 Å². The summed E-state index contributed by atoms with van der Waals surface area (Å²) >= 11 is 0. The van der Waals surface area contributed by atoms with Gasteiger partial charge in [-0.05, 0) is 31.0 Å². The van der Waals surface area contributed by atoms with E-state index in [1.165, 1.54) is 0 Å². The average molecular weight is 315 g/mol. The van der Waals surface area contributed by atoms with Crippen LogP contribution in [-0.2, 0) is 11.3 Å². The van der Waals surface area contributed by atoms with Crippen LogP contribution in [-0.4, -0.2) is 42.6 Å². The van der Waals surface area contributed by atoms with Crippen LogP contribution in [0, 0.1) is 0 Å². The smallest absolute Gasteiger partial charge is 0.243 e. The maximum absolute atomic E-state index is 12.5. The Morgan fingerprint density at radius 1 is 1.48 bits per heavy atom. The summed E-state index contributed by atoms with van der Waals surface area (Å²) in [5.41, 5.74) is 0. The number of carbonyl (C=O) groups excluding carboxylic acids is 1. The molecular formula is C16H21N5O2. The quantitative estimate of drug-likeness (QED) is 0.899. The molecule has 1 unspecified atom stereocenters. The van der Waals surface area contributed by atoms with Gasteiger partial charge in [0.25, 0.3) is 0 Å². The maximum atomic E-state index is 12.5. The molecule has 2 aromatic rings. The topological polar surface area (TPSA) is 74.5 Å². The second kappa shape index (κ2) is 6.68. The summed E-state index contributed by atoms with van der Waals surface area (Å²) in [6.45, 7) is 1.19. The minimum Gasteiger partial charge on any atom is -0.467 e. The maximum Gasteiger partial charge on any atom is 0.243 e. The molecular weight excluding hydrogens is 294 g/mol. The number of furan rings is 1. The van der Waals surface area contributed by atoms with E-state index in [9.17, 15) is 4.79 Å². The Bertz CT molecular complexity index is 656. The van der Waals surface area contributed by atoms with E-state index in [0.29, 0.717) is 12.5 Å². The van der Waals surface area contributed by atoms with Crippen LogP contribution in [0.15, 0.2) is 35.1 Å². The summed E-state index contributed by atoms with van der Waals surface area (Å²) in [4.78, 5) is 25.3. The molecule has 122 valence electrons. The van der Waals surface area contributed by atoms with E-state index in [1.54, 1.807) is 12.5 Å². The van der Waals surface area contributed by atoms with E-state index < -0.39 is 0 Å². The zero-order valence-electron chi connectivity index (χ0n) is 13.4. The van der Waals surface area contributed by atoms with Crippen molar-refractivity contribution >= 4 is 17.7 Å². The number of amides is 1. The predicted molar refractivity (Wildman–Crippen MR) is 87.3 cm³/mol. The highest BCUT2D eigenvalue weighted by atomic mass is 16.3. The first-order chi connectivity index (χ1) is 11.1. The van der Waals surface area contributed by atoms with Crippen molar-refractivity contribution in [3.63, 3.8) is 0 Å². The first-order valence-electron chi connectivity index (χ1n) is 7.72. The zero-order chi connectivity index (χ0) is 16.2. The Morgan fingerprint density at radius 2 is 2.35 bits per heavy atom. The lowest BCUT2D eigenvalue weighted by atomic mass is 10.2. The van der Waals surface area contributed by atoms with Crippen molar-refractivity contribution in [2.24, 2.45) is 0 Å². The Hall–Kier alpha value is -2.57. The third-order valence-electron chi connectivity index (χ3n) is 3.92. The molecule has 0 bridgehead atoms. The fraction of sp³-hybridized carbons (Fsp3) is 0.438. The summed E-state index contributed by atoms with van der Waals surface area (Å²) in [7, 11) is 3.87. The normalized spacial score (nSPS) is 17.3. The van der Waals surface area contributed by atoms with Crippen LogP contribution >= 0.6 is 0 Å². The number of aromatic nitrogens is 2. The molecule has 0 saturated carbocycles. The highest BCUT2D eigenvalue weighted by Crippen LogP contribution is 2.23. The van der Waals surface area contributed by atoms with E-state index >= 15 is 0 Å². The molecule has 7 nitrogen and oxygen atoms in total. The van der Waals surface area contributed by atoms with Gasteiger partial charge in [-0.2, -0.15) is 4.98 Å². The lowest BCUT2D eigenvalue weighted by Gasteiger charge is -2.24. The molecule has 0 aliphatic carbocycles. The molecule has 0 spiro atoms. The monoisotopic (exact) mass is 315 g/mol. The number of nitrogens with one attached hydrogen (secondary N) is 1. The van der Waals surface area contributed by atoms with Crippen LogP contribution in [0.1, 0.15) is 18.6 Å². The standard InChI is InChI=1S/C16H21N5O2/c1-20(2)14-7-8-17-16(19-14)21-9-3-6-13(21)15(22)18-11-12-5-4-10-23-12/h4-5,7-8,10,13H,3,6,9,11H2,1-2H3,(H,18,22). The molecule has 1 saturated heterocycles. The second-order valence-corrected chi connectivity index (χ2v) is 5.76. The van der Waals surface area contributed by atoms with Gasteiger partial charge in [-0.3, -0.25) is 4.79 Å². The largest absolute Gasteiger partial charge is 0.467 e. The summed E-state index contributed by atoms with van der Waals surface area (Å²) in [6.07, 6.45) is 5.09. The molecule has 1 atom stereocenters. The number of hydrogen-bond acceptors (Lipinski definition) is 6. The number of nitrogens with zero attached hydrogens (tertiary/aromatic N) is 4. The molecule has 23 heavy (non-hydrogen) atoms. The van der Waals surface area contributed by atoms with Gasteiger partial charge in [0.1, 0.15) is 17.6 Å². The van der Waals surface area contributed by atoms with Gasteiger partial charge in [-0.1, -0.05) is 0 Å². The Balaban J connectivity index is 1.69. The Labute approximate surface area is 135 Å². The van der Waals surface area contributed by atoms with Crippen molar-refractivity contribution in [3.8, 4) is 0 Å². The van der Waals surface area contributed by atoms with Crippen LogP contribution in [0.25, 0.3) is 0 Å². The number of rotatable bonds is 5. The van der Waals surface area contributed by atoms with Crippen LogP contribution in [0.4, 0.5) is 11.8 Å². The molecule has 3 rings (SSSR count). The summed E-state index contributed by atoms with van der Waals surface area (Å²) < 4.78 is 5.24. The van der Waals surface area contributed by atoms with Crippen molar-refractivity contribution in [1.29, 1.82) is 0 Å². The van der Waals surface area contributed by atoms with Crippen LogP contribution in [0.3, 0.4) is 0 Å². The number of hydrogen-bond donors (Lipinski definition) is 1. The molecule has 1 aliphatic heterocycles. The molecule has 1 amide bonds. The van der Waals surface area contributed by atoms with Gasteiger partial charge in [-0.15, -0.1) is 0 Å². The van der Waals surface area contributed by atoms with Crippen molar-refractivity contribution < 1.29 is 9.21 Å². The molecule has 0 aromatic carbocycles. The van der Waals surface area contributed by atoms with E-state index in [2.05, 4.69) is 15.3 Å². The lowest BCUT2D eigenvalue weighted by Crippen LogP contribution is -2.43. The van der Waals surface area contributed by atoms with Gasteiger partial charge in [0, 0.05) is 26.8 Å². The Kier molecular flexibility index (Phi) is 4.45. The van der Waals surface area contributed by atoms with E-state index in [1.807, 2.05) is 42.1 Å². The van der Waals surface area contributed by atoms with Crippen LogP contribution in [0.5, 0.6) is 0 Å². The van der Waals surface area contributed by atoms with Crippen LogP contribution < -0.4 is 15.1 Å². The number of anilines is 2. The third kappa shape index (κ3) is 3.44. The Morgan fingerprint density at radius 3 is 3.09 bits per heavy atom. The highest BCUT2D eigenvalue weighted by Gasteiger charge is 2.32. The first-order valence-corrected chi connectivity index (χ1v) is 7.72. The predicted octanol–water partition coefficient (Wildman–Crippen LogP) is 1.42. The molecule has 1 fully saturated rings. The average Bonchev–Trinajstić information content (AvgIpc) is 3.24. The van der Waals surface area contributed by atoms with Crippen LogP contribution in [0.2, 0.25) is 0 Å². The van der Waals surface area contributed by atoms with Crippen molar-refractivity contribution in [3.05, 3.63) is 36.4 Å². The summed E-state index contributed by atoms with van der Waals surface area (Å²) in [5.74, 6) is 2.16. The van der Waals surface area contributed by atoms with Crippen molar-refractivity contribution in [2.75, 3.05) is 30.4 Å². The van der Waals surface area contributed by atoms with E-state index in [-0.39, 0.29) is 11.9 Å². The molecule has 0 radical (unpaired) electrons. The van der Waals surface area contributed by atoms with Gasteiger partial charge in [0.05, 0.1) is 12.8 Å². The van der Waals surface area contributed by atoms with E-state index in [0.717, 1.165) is 31.0 Å². The molecule has 3 heterocycles. The van der Waals surface area contributed by atoms with Gasteiger partial charge in [0.2, 0.25) is 11.9 Å². The number of carbonyl (C=O) groups is 1. The SMILES string of the molecule is CN(C)c1ccnc(N2CCCC2C(=O)NCc2ccco2)n1. The minimum absolute atomic E-state index is 0.0160. The molecule has 7 heteroatoms. The molecule has 1 aliphatic rings. The van der Waals surface area contributed by atoms with Gasteiger partial charge in [-0.25, -0.2) is 4.98 Å². The summed E-state index contributed by atoms with van der Waals surface area (Å²) in [6, 6.07) is 5.27. The van der Waals surface area contributed by atoms with Gasteiger partial charge in [0.15, 0.2) is 0 Å². The third-order valence-corrected chi connectivity index (χ3v) is 3.92. The fourth-order valence-electron chi connectivity index (χ4n) is 2.71. The van der Waals surface area contributed by atoms with E-state index in [4.69, 9.17) is 4.42 Å². The van der Waals surface area contributed by atoms with Crippen molar-refractivity contribution in [1.82, 2.24) is 15.3 Å². The van der Waals surface area contributed by atoms with Gasteiger partial charge >= 0.3 is 0 Å². The minimum atomic E-state index is -0.234.